The minimum absolute atomic E-state index is 0.0614. The highest BCUT2D eigenvalue weighted by Gasteiger charge is 2.46. The molecule has 5 rings (SSSR count). The molecule has 2 heterocycles. The molecule has 0 spiro atoms. The summed E-state index contributed by atoms with van der Waals surface area (Å²) in [6, 6.07) is 22.7. The number of rotatable bonds is 7. The summed E-state index contributed by atoms with van der Waals surface area (Å²) in [4.78, 5) is 41.5. The van der Waals surface area contributed by atoms with E-state index in [0.717, 1.165) is 16.8 Å². The summed E-state index contributed by atoms with van der Waals surface area (Å²) >= 11 is 0. The van der Waals surface area contributed by atoms with Gasteiger partial charge >= 0.3 is 0 Å². The van der Waals surface area contributed by atoms with E-state index in [1.165, 1.54) is 24.0 Å². The van der Waals surface area contributed by atoms with Crippen molar-refractivity contribution >= 4 is 23.3 Å². The van der Waals surface area contributed by atoms with Crippen molar-refractivity contribution in [2.24, 2.45) is 5.92 Å². The summed E-state index contributed by atoms with van der Waals surface area (Å²) in [5.74, 6) is -1.92. The van der Waals surface area contributed by atoms with Crippen LogP contribution in [0.2, 0.25) is 0 Å². The number of aromatic nitrogens is 2. The van der Waals surface area contributed by atoms with E-state index in [1.54, 1.807) is 28.9 Å². The van der Waals surface area contributed by atoms with Gasteiger partial charge in [0.15, 0.2) is 5.78 Å². The van der Waals surface area contributed by atoms with Crippen molar-refractivity contribution in [3.05, 3.63) is 113 Å². The second-order valence-electron chi connectivity index (χ2n) is 9.83. The highest BCUT2D eigenvalue weighted by Crippen LogP contribution is 2.47. The fraction of sp³-hybridized carbons (Fsp3) is 0.226. The lowest BCUT2D eigenvalue weighted by molar-refractivity contribution is -0.125. The van der Waals surface area contributed by atoms with E-state index >= 15 is 0 Å². The first-order valence-electron chi connectivity index (χ1n) is 12.6. The Bertz CT molecular complexity index is 1530. The molecule has 4 aromatic rings. The van der Waals surface area contributed by atoms with Gasteiger partial charge in [0.05, 0.1) is 23.8 Å². The number of aryl methyl sites for hydroxylation is 2. The highest BCUT2D eigenvalue weighted by atomic mass is 19.1. The van der Waals surface area contributed by atoms with Crippen LogP contribution in [0.1, 0.15) is 52.0 Å². The molecule has 7 heteroatoms. The van der Waals surface area contributed by atoms with Crippen LogP contribution in [-0.2, 0) is 9.59 Å². The highest BCUT2D eigenvalue weighted by molar-refractivity contribution is 6.06. The SMILES string of the molecule is CC(=O)CN1C(=O)[C@@H](CC(=O)c2cccc(C)c2)[C@@H](c2ccc(F)cc2)c2c(C)nn(-c3ccccc3)c21. The lowest BCUT2D eigenvalue weighted by Gasteiger charge is -2.38. The van der Waals surface area contributed by atoms with E-state index in [-0.39, 0.29) is 30.4 Å². The van der Waals surface area contributed by atoms with Crippen LogP contribution in [0.15, 0.2) is 78.9 Å². The van der Waals surface area contributed by atoms with Crippen LogP contribution in [0.25, 0.3) is 5.69 Å². The van der Waals surface area contributed by atoms with Crippen LogP contribution in [0, 0.1) is 25.6 Å². The zero-order valence-electron chi connectivity index (χ0n) is 21.5. The predicted octanol–water partition coefficient (Wildman–Crippen LogP) is 5.58. The maximum absolute atomic E-state index is 14.2. The normalized spacial score (nSPS) is 16.8. The van der Waals surface area contributed by atoms with Gasteiger partial charge in [-0.15, -0.1) is 0 Å². The first-order chi connectivity index (χ1) is 18.2. The summed E-state index contributed by atoms with van der Waals surface area (Å²) in [6.07, 6.45) is -0.0614. The molecular formula is C31H28FN3O3. The smallest absolute Gasteiger partial charge is 0.233 e. The number of anilines is 1. The van der Waals surface area contributed by atoms with Gasteiger partial charge < -0.3 is 0 Å². The van der Waals surface area contributed by atoms with Crippen molar-refractivity contribution in [3.8, 4) is 5.69 Å². The Morgan fingerprint density at radius 3 is 2.32 bits per heavy atom. The molecule has 1 aromatic heterocycles. The minimum atomic E-state index is -0.799. The van der Waals surface area contributed by atoms with Crippen LogP contribution < -0.4 is 4.90 Å². The number of Topliss-reactive ketones (excluding diaryl/α,β-unsaturated/α-hetero) is 2. The Labute approximate surface area is 220 Å². The Kier molecular flexibility index (Phi) is 6.76. The molecule has 1 amide bonds. The molecule has 0 fully saturated rings. The van der Waals surface area contributed by atoms with Gasteiger partial charge in [-0.3, -0.25) is 19.3 Å². The number of halogens is 1. The van der Waals surface area contributed by atoms with Crippen molar-refractivity contribution in [2.75, 3.05) is 11.4 Å². The second-order valence-corrected chi connectivity index (χ2v) is 9.83. The van der Waals surface area contributed by atoms with Crippen LogP contribution in [-0.4, -0.2) is 33.8 Å². The molecule has 0 saturated carbocycles. The number of hydrogen-bond donors (Lipinski definition) is 0. The fourth-order valence-electron chi connectivity index (χ4n) is 5.33. The van der Waals surface area contributed by atoms with E-state index in [2.05, 4.69) is 0 Å². The zero-order chi connectivity index (χ0) is 27.0. The van der Waals surface area contributed by atoms with Crippen molar-refractivity contribution in [3.63, 3.8) is 0 Å². The van der Waals surface area contributed by atoms with E-state index in [9.17, 15) is 18.8 Å². The van der Waals surface area contributed by atoms with Crippen LogP contribution in [0.5, 0.6) is 0 Å². The molecule has 3 aromatic carbocycles. The maximum Gasteiger partial charge on any atom is 0.233 e. The summed E-state index contributed by atoms with van der Waals surface area (Å²) in [7, 11) is 0. The molecule has 0 aliphatic carbocycles. The molecule has 0 unspecified atom stereocenters. The van der Waals surface area contributed by atoms with E-state index < -0.39 is 17.7 Å². The summed E-state index contributed by atoms with van der Waals surface area (Å²) in [5, 5.41) is 4.78. The number of benzene rings is 3. The van der Waals surface area contributed by atoms with E-state index in [0.29, 0.717) is 22.6 Å². The lowest BCUT2D eigenvalue weighted by Crippen LogP contribution is -2.47. The molecule has 0 saturated heterocycles. The average Bonchev–Trinajstić information content (AvgIpc) is 3.24. The molecular weight excluding hydrogens is 481 g/mol. The molecule has 0 N–H and O–H groups in total. The Balaban J connectivity index is 1.71. The average molecular weight is 510 g/mol. The topological polar surface area (TPSA) is 72.3 Å². The third-order valence-electron chi connectivity index (χ3n) is 6.99. The molecule has 2 atom stereocenters. The predicted molar refractivity (Wildman–Crippen MR) is 143 cm³/mol. The van der Waals surface area contributed by atoms with Gasteiger partial charge in [-0.25, -0.2) is 9.07 Å². The molecule has 0 radical (unpaired) electrons. The van der Waals surface area contributed by atoms with Crippen molar-refractivity contribution in [2.45, 2.75) is 33.1 Å². The molecule has 0 bridgehead atoms. The van der Waals surface area contributed by atoms with Crippen molar-refractivity contribution in [1.29, 1.82) is 0 Å². The van der Waals surface area contributed by atoms with Gasteiger partial charge in [0.1, 0.15) is 17.4 Å². The summed E-state index contributed by atoms with van der Waals surface area (Å²) < 4.78 is 15.6. The Morgan fingerprint density at radius 1 is 0.947 bits per heavy atom. The maximum atomic E-state index is 14.2. The van der Waals surface area contributed by atoms with Crippen molar-refractivity contribution in [1.82, 2.24) is 9.78 Å². The second kappa shape index (κ2) is 10.2. The monoisotopic (exact) mass is 509 g/mol. The number of hydrogen-bond acceptors (Lipinski definition) is 4. The fourth-order valence-corrected chi connectivity index (χ4v) is 5.33. The van der Waals surface area contributed by atoms with Gasteiger partial charge in [0.25, 0.3) is 0 Å². The zero-order valence-corrected chi connectivity index (χ0v) is 21.5. The Morgan fingerprint density at radius 2 is 1.66 bits per heavy atom. The van der Waals surface area contributed by atoms with Crippen molar-refractivity contribution < 1.29 is 18.8 Å². The molecule has 6 nitrogen and oxygen atoms in total. The largest absolute Gasteiger partial charge is 0.298 e. The van der Waals surface area contributed by atoms with Gasteiger partial charge in [-0.2, -0.15) is 5.10 Å². The number of carbonyl (C=O) groups excluding carboxylic acids is 3. The number of fused-ring (bicyclic) bond motifs is 1. The van der Waals surface area contributed by atoms with Gasteiger partial charge in [0.2, 0.25) is 5.91 Å². The van der Waals surface area contributed by atoms with E-state index in [4.69, 9.17) is 5.10 Å². The quantitative estimate of drug-likeness (QED) is 0.305. The van der Waals surface area contributed by atoms with Crippen LogP contribution >= 0.6 is 0 Å². The van der Waals surface area contributed by atoms with Gasteiger partial charge in [-0.1, -0.05) is 54.1 Å². The lowest BCUT2D eigenvalue weighted by atomic mass is 9.74. The van der Waals surface area contributed by atoms with E-state index in [1.807, 2.05) is 56.3 Å². The molecule has 192 valence electrons. The summed E-state index contributed by atoms with van der Waals surface area (Å²) in [5.41, 5.74) is 4.35. The Hall–Kier alpha value is -4.39. The third kappa shape index (κ3) is 4.67. The van der Waals surface area contributed by atoms with Crippen LogP contribution in [0.3, 0.4) is 0 Å². The van der Waals surface area contributed by atoms with Gasteiger partial charge in [-0.05, 0) is 56.7 Å². The number of nitrogens with zero attached hydrogens (tertiary/aromatic N) is 3. The number of carbonyl (C=O) groups is 3. The molecule has 1 aliphatic heterocycles. The molecule has 38 heavy (non-hydrogen) atoms. The molecule has 1 aliphatic rings. The third-order valence-corrected chi connectivity index (χ3v) is 6.99. The summed E-state index contributed by atoms with van der Waals surface area (Å²) in [6.45, 7) is 5.05. The first-order valence-corrected chi connectivity index (χ1v) is 12.6. The number of ketones is 2. The van der Waals surface area contributed by atoms with Gasteiger partial charge in [0, 0.05) is 23.5 Å². The number of para-hydroxylation sites is 1. The number of amides is 1. The first kappa shape index (κ1) is 25.3. The standard InChI is InChI=1S/C31H28FN3O3/c1-19-8-7-9-23(16-19)27(37)17-26-29(22-12-14-24(32)15-13-22)28-21(3)33-35(25-10-5-4-6-11-25)30(28)34(31(26)38)18-20(2)36/h4-16,26,29H,17-18H2,1-3H3/t26-,29+/m0/s1. The van der Waals surface area contributed by atoms with Crippen LogP contribution in [0.4, 0.5) is 10.2 Å². The minimum Gasteiger partial charge on any atom is -0.298 e.